The molecule has 0 aromatic carbocycles. The molecule has 102 valence electrons. The molecular formula is C13H22BrN3O. The van der Waals surface area contributed by atoms with E-state index < -0.39 is 0 Å². The van der Waals surface area contributed by atoms with Crippen molar-refractivity contribution in [2.45, 2.75) is 57.5 Å². The lowest BCUT2D eigenvalue weighted by atomic mass is 9.80. The van der Waals surface area contributed by atoms with Gasteiger partial charge in [0.15, 0.2) is 0 Å². The standard InChI is InChI=1S/C13H22BrN3O/c1-4-18-11-5-10(6-11)7-12-15-16-13(8-14)17(12)9(2)3/h9-11H,4-8H2,1-3H3. The second-order valence-electron chi connectivity index (χ2n) is 5.25. The quantitative estimate of drug-likeness (QED) is 0.757. The molecule has 1 aliphatic rings. The molecule has 1 heterocycles. The number of rotatable bonds is 6. The van der Waals surface area contributed by atoms with Crippen LogP contribution in [-0.2, 0) is 16.5 Å². The van der Waals surface area contributed by atoms with Gasteiger partial charge in [0.1, 0.15) is 11.6 Å². The third-order valence-electron chi connectivity index (χ3n) is 3.54. The Kier molecular flexibility index (Phi) is 4.78. The fraction of sp³-hybridized carbons (Fsp3) is 0.846. The van der Waals surface area contributed by atoms with Gasteiger partial charge in [0.05, 0.1) is 11.4 Å². The third kappa shape index (κ3) is 2.94. The Morgan fingerprint density at radius 2 is 2.00 bits per heavy atom. The Bertz CT molecular complexity index is 386. The van der Waals surface area contributed by atoms with Gasteiger partial charge in [-0.2, -0.15) is 0 Å². The van der Waals surface area contributed by atoms with Crippen LogP contribution >= 0.6 is 15.9 Å². The summed E-state index contributed by atoms with van der Waals surface area (Å²) >= 11 is 3.47. The van der Waals surface area contributed by atoms with Gasteiger partial charge in [0.2, 0.25) is 0 Å². The summed E-state index contributed by atoms with van der Waals surface area (Å²) in [6.45, 7) is 7.25. The van der Waals surface area contributed by atoms with E-state index in [2.05, 4.69) is 51.5 Å². The van der Waals surface area contributed by atoms with Crippen LogP contribution in [0, 0.1) is 5.92 Å². The van der Waals surface area contributed by atoms with Crippen molar-refractivity contribution in [3.05, 3.63) is 11.6 Å². The van der Waals surface area contributed by atoms with Gasteiger partial charge in [-0.15, -0.1) is 10.2 Å². The van der Waals surface area contributed by atoms with Crippen LogP contribution in [0.1, 0.15) is 51.3 Å². The van der Waals surface area contributed by atoms with Gasteiger partial charge < -0.3 is 9.30 Å². The Labute approximate surface area is 117 Å². The molecule has 0 aliphatic heterocycles. The lowest BCUT2D eigenvalue weighted by Gasteiger charge is -2.34. The molecule has 1 aliphatic carbocycles. The fourth-order valence-electron chi connectivity index (χ4n) is 2.66. The molecule has 0 bridgehead atoms. The minimum atomic E-state index is 0.422. The molecule has 0 saturated heterocycles. The van der Waals surface area contributed by atoms with E-state index in [1.807, 2.05) is 0 Å². The third-order valence-corrected chi connectivity index (χ3v) is 4.04. The smallest absolute Gasteiger partial charge is 0.143 e. The van der Waals surface area contributed by atoms with Gasteiger partial charge in [0, 0.05) is 19.1 Å². The number of halogens is 1. The molecule has 1 aromatic heterocycles. The van der Waals surface area contributed by atoms with E-state index in [4.69, 9.17) is 4.74 Å². The zero-order chi connectivity index (χ0) is 13.1. The highest BCUT2D eigenvalue weighted by Gasteiger charge is 2.31. The summed E-state index contributed by atoms with van der Waals surface area (Å²) in [6, 6.07) is 0.422. The number of hydrogen-bond donors (Lipinski definition) is 0. The Morgan fingerprint density at radius 1 is 1.33 bits per heavy atom. The zero-order valence-electron chi connectivity index (χ0n) is 11.4. The van der Waals surface area contributed by atoms with Gasteiger partial charge in [-0.3, -0.25) is 0 Å². The van der Waals surface area contributed by atoms with Crippen molar-refractivity contribution in [1.82, 2.24) is 14.8 Å². The maximum absolute atomic E-state index is 5.60. The van der Waals surface area contributed by atoms with E-state index in [0.717, 1.165) is 30.0 Å². The van der Waals surface area contributed by atoms with Crippen LogP contribution in [0.4, 0.5) is 0 Å². The van der Waals surface area contributed by atoms with Crippen LogP contribution in [0.2, 0.25) is 0 Å². The largest absolute Gasteiger partial charge is 0.378 e. The van der Waals surface area contributed by atoms with Crippen molar-refractivity contribution in [1.29, 1.82) is 0 Å². The predicted octanol–water partition coefficient (Wildman–Crippen LogP) is 3.11. The molecule has 1 fully saturated rings. The van der Waals surface area contributed by atoms with Crippen LogP contribution in [-0.4, -0.2) is 27.5 Å². The number of ether oxygens (including phenoxy) is 1. The molecule has 5 heteroatoms. The molecule has 0 radical (unpaired) electrons. The van der Waals surface area contributed by atoms with Crippen molar-refractivity contribution in [3.8, 4) is 0 Å². The number of hydrogen-bond acceptors (Lipinski definition) is 3. The Hall–Kier alpha value is -0.420. The SMILES string of the molecule is CCOC1CC(Cc2nnc(CBr)n2C(C)C)C1. The average molecular weight is 316 g/mol. The summed E-state index contributed by atoms with van der Waals surface area (Å²) in [7, 11) is 0. The highest BCUT2D eigenvalue weighted by molar-refractivity contribution is 9.08. The van der Waals surface area contributed by atoms with E-state index in [-0.39, 0.29) is 0 Å². The molecule has 0 N–H and O–H groups in total. The first-order chi connectivity index (χ1) is 8.65. The number of alkyl halides is 1. The summed E-state index contributed by atoms with van der Waals surface area (Å²) in [4.78, 5) is 0. The first-order valence-electron chi connectivity index (χ1n) is 6.75. The van der Waals surface area contributed by atoms with E-state index in [0.29, 0.717) is 18.1 Å². The molecule has 1 aromatic rings. The highest BCUT2D eigenvalue weighted by Crippen LogP contribution is 2.33. The minimum Gasteiger partial charge on any atom is -0.378 e. The lowest BCUT2D eigenvalue weighted by molar-refractivity contribution is -0.0247. The number of nitrogens with zero attached hydrogens (tertiary/aromatic N) is 3. The fourth-order valence-corrected chi connectivity index (χ4v) is 3.04. The second kappa shape index (κ2) is 6.15. The Balaban J connectivity index is 1.96. The highest BCUT2D eigenvalue weighted by atomic mass is 79.9. The van der Waals surface area contributed by atoms with Gasteiger partial charge in [0.25, 0.3) is 0 Å². The summed E-state index contributed by atoms with van der Waals surface area (Å²) in [6.07, 6.45) is 3.85. The van der Waals surface area contributed by atoms with Crippen molar-refractivity contribution >= 4 is 15.9 Å². The predicted molar refractivity (Wildman–Crippen MR) is 74.9 cm³/mol. The molecule has 0 unspecified atom stereocenters. The molecule has 18 heavy (non-hydrogen) atoms. The van der Waals surface area contributed by atoms with E-state index in [9.17, 15) is 0 Å². The average Bonchev–Trinajstić information content (AvgIpc) is 2.69. The van der Waals surface area contributed by atoms with Crippen LogP contribution in [0.3, 0.4) is 0 Å². The first kappa shape index (κ1) is 14.0. The molecule has 0 amide bonds. The van der Waals surface area contributed by atoms with Crippen LogP contribution in [0.5, 0.6) is 0 Å². The van der Waals surface area contributed by atoms with Gasteiger partial charge in [-0.25, -0.2) is 0 Å². The molecule has 1 saturated carbocycles. The summed E-state index contributed by atoms with van der Waals surface area (Å²) in [5, 5.41) is 9.37. The van der Waals surface area contributed by atoms with Gasteiger partial charge in [-0.05, 0) is 39.5 Å². The van der Waals surface area contributed by atoms with Crippen molar-refractivity contribution in [2.24, 2.45) is 5.92 Å². The van der Waals surface area contributed by atoms with Gasteiger partial charge >= 0.3 is 0 Å². The second-order valence-corrected chi connectivity index (χ2v) is 5.81. The molecule has 4 nitrogen and oxygen atoms in total. The molecular weight excluding hydrogens is 294 g/mol. The van der Waals surface area contributed by atoms with Crippen molar-refractivity contribution in [2.75, 3.05) is 6.61 Å². The summed E-state index contributed by atoms with van der Waals surface area (Å²) in [5.74, 6) is 2.87. The number of aromatic nitrogens is 3. The summed E-state index contributed by atoms with van der Waals surface area (Å²) < 4.78 is 7.85. The summed E-state index contributed by atoms with van der Waals surface area (Å²) in [5.41, 5.74) is 0. The lowest BCUT2D eigenvalue weighted by Crippen LogP contribution is -2.33. The van der Waals surface area contributed by atoms with Gasteiger partial charge in [-0.1, -0.05) is 15.9 Å². The van der Waals surface area contributed by atoms with Crippen LogP contribution in [0.15, 0.2) is 0 Å². The zero-order valence-corrected chi connectivity index (χ0v) is 13.0. The first-order valence-corrected chi connectivity index (χ1v) is 7.88. The molecule has 0 atom stereocenters. The maximum Gasteiger partial charge on any atom is 0.143 e. The molecule has 0 spiro atoms. The van der Waals surface area contributed by atoms with Crippen molar-refractivity contribution < 1.29 is 4.74 Å². The van der Waals surface area contributed by atoms with Crippen LogP contribution in [0.25, 0.3) is 0 Å². The normalized spacial score (nSPS) is 23.4. The van der Waals surface area contributed by atoms with Crippen LogP contribution < -0.4 is 0 Å². The Morgan fingerprint density at radius 3 is 2.56 bits per heavy atom. The van der Waals surface area contributed by atoms with Crippen molar-refractivity contribution in [3.63, 3.8) is 0 Å². The topological polar surface area (TPSA) is 39.9 Å². The minimum absolute atomic E-state index is 0.422. The van der Waals surface area contributed by atoms with E-state index >= 15 is 0 Å². The van der Waals surface area contributed by atoms with E-state index in [1.54, 1.807) is 0 Å². The van der Waals surface area contributed by atoms with E-state index in [1.165, 1.54) is 12.8 Å². The maximum atomic E-state index is 5.60. The molecule has 2 rings (SSSR count). The monoisotopic (exact) mass is 315 g/mol.